The molecule has 2 unspecified atom stereocenters. The number of hydrogen-bond acceptors (Lipinski definition) is 5. The summed E-state index contributed by atoms with van der Waals surface area (Å²) in [7, 11) is 0. The molecule has 0 bridgehead atoms. The van der Waals surface area contributed by atoms with Crippen LogP contribution in [0.3, 0.4) is 0 Å². The van der Waals surface area contributed by atoms with Gasteiger partial charge in [0.15, 0.2) is 0 Å². The number of hydrogen-bond donors (Lipinski definition) is 2. The lowest BCUT2D eigenvalue weighted by Crippen LogP contribution is -2.59. The third-order valence-corrected chi connectivity index (χ3v) is 5.62. The lowest BCUT2D eigenvalue weighted by atomic mass is 9.80. The van der Waals surface area contributed by atoms with E-state index in [2.05, 4.69) is 10.3 Å². The first kappa shape index (κ1) is 14.9. The van der Waals surface area contributed by atoms with Crippen molar-refractivity contribution < 1.29 is 9.21 Å². The van der Waals surface area contributed by atoms with Gasteiger partial charge in [0.25, 0.3) is 5.22 Å². The van der Waals surface area contributed by atoms with Crippen LogP contribution in [-0.2, 0) is 4.79 Å². The number of primary amides is 1. The lowest BCUT2D eigenvalue weighted by molar-refractivity contribution is -0.125. The molecule has 1 aromatic heterocycles. The van der Waals surface area contributed by atoms with Crippen LogP contribution in [0, 0.1) is 13.8 Å². The summed E-state index contributed by atoms with van der Waals surface area (Å²) in [6, 6.07) is 0.479. The number of thioether (sulfide) groups is 1. The number of aromatic nitrogens is 1. The van der Waals surface area contributed by atoms with Crippen molar-refractivity contribution >= 4 is 17.7 Å². The van der Waals surface area contributed by atoms with Gasteiger partial charge in [-0.2, -0.15) is 0 Å². The van der Waals surface area contributed by atoms with Crippen LogP contribution >= 0.6 is 11.8 Å². The second kappa shape index (κ2) is 5.65. The average molecular weight is 309 g/mol. The summed E-state index contributed by atoms with van der Waals surface area (Å²) in [6.07, 6.45) is 6.02. The molecule has 116 valence electrons. The fraction of sp³-hybridized carbons (Fsp3) is 0.733. The van der Waals surface area contributed by atoms with Crippen LogP contribution in [0.2, 0.25) is 0 Å². The van der Waals surface area contributed by atoms with Gasteiger partial charge in [-0.05, 0) is 52.4 Å². The molecule has 2 aliphatic rings. The van der Waals surface area contributed by atoms with Crippen LogP contribution in [0.15, 0.2) is 9.64 Å². The van der Waals surface area contributed by atoms with E-state index in [9.17, 15) is 4.79 Å². The monoisotopic (exact) mass is 309 g/mol. The van der Waals surface area contributed by atoms with Gasteiger partial charge in [-0.1, -0.05) is 11.8 Å². The Kier molecular flexibility index (Phi) is 4.01. The Morgan fingerprint density at radius 1 is 1.43 bits per heavy atom. The molecule has 1 aromatic rings. The van der Waals surface area contributed by atoms with Gasteiger partial charge in [0, 0.05) is 11.3 Å². The summed E-state index contributed by atoms with van der Waals surface area (Å²) in [5, 5.41) is 4.54. The highest BCUT2D eigenvalue weighted by atomic mass is 32.2. The van der Waals surface area contributed by atoms with Gasteiger partial charge in [0.1, 0.15) is 5.76 Å². The molecule has 0 radical (unpaired) electrons. The van der Waals surface area contributed by atoms with E-state index in [1.165, 1.54) is 0 Å². The Hall–Kier alpha value is -1.01. The predicted molar refractivity (Wildman–Crippen MR) is 82.2 cm³/mol. The first-order chi connectivity index (χ1) is 9.98. The van der Waals surface area contributed by atoms with E-state index in [1.54, 1.807) is 11.8 Å². The number of carbonyl (C=O) groups excluding carboxylic acids is 1. The molecule has 2 saturated carbocycles. The smallest absolute Gasteiger partial charge is 0.256 e. The van der Waals surface area contributed by atoms with Crippen molar-refractivity contribution in [2.24, 2.45) is 5.73 Å². The second-order valence-electron chi connectivity index (χ2n) is 6.32. The Morgan fingerprint density at radius 3 is 2.76 bits per heavy atom. The molecule has 1 amide bonds. The molecule has 2 fully saturated rings. The number of nitrogens with one attached hydrogen (secondary N) is 1. The number of oxazole rings is 1. The van der Waals surface area contributed by atoms with Crippen molar-refractivity contribution in [1.82, 2.24) is 10.3 Å². The van der Waals surface area contributed by atoms with E-state index in [4.69, 9.17) is 10.2 Å². The number of aryl methyl sites for hydroxylation is 2. The summed E-state index contributed by atoms with van der Waals surface area (Å²) in [5.41, 5.74) is 6.11. The van der Waals surface area contributed by atoms with E-state index < -0.39 is 5.54 Å². The van der Waals surface area contributed by atoms with Crippen LogP contribution in [0.4, 0.5) is 0 Å². The normalized spacial score (nSPS) is 29.5. The largest absolute Gasteiger partial charge is 0.437 e. The summed E-state index contributed by atoms with van der Waals surface area (Å²) in [4.78, 5) is 16.4. The lowest BCUT2D eigenvalue weighted by Gasteiger charge is -2.38. The molecule has 0 aliphatic heterocycles. The summed E-state index contributed by atoms with van der Waals surface area (Å²) in [5.74, 6) is 0.657. The van der Waals surface area contributed by atoms with Crippen molar-refractivity contribution in [2.45, 2.75) is 74.4 Å². The van der Waals surface area contributed by atoms with Gasteiger partial charge in [-0.15, -0.1) is 0 Å². The maximum atomic E-state index is 12.0. The molecule has 3 rings (SSSR count). The van der Waals surface area contributed by atoms with Gasteiger partial charge in [0.05, 0.1) is 11.2 Å². The highest BCUT2D eigenvalue weighted by Crippen LogP contribution is 2.40. The quantitative estimate of drug-likeness (QED) is 0.872. The Bertz CT molecular complexity index is 522. The minimum absolute atomic E-state index is 0.209. The number of nitrogens with two attached hydrogens (primary N) is 1. The molecule has 6 heteroatoms. The zero-order valence-electron chi connectivity index (χ0n) is 12.6. The summed E-state index contributed by atoms with van der Waals surface area (Å²) < 4.78 is 5.65. The minimum Gasteiger partial charge on any atom is -0.437 e. The highest BCUT2D eigenvalue weighted by Gasteiger charge is 2.45. The topological polar surface area (TPSA) is 81.1 Å². The van der Waals surface area contributed by atoms with E-state index in [-0.39, 0.29) is 5.91 Å². The maximum absolute atomic E-state index is 12.0. The highest BCUT2D eigenvalue weighted by molar-refractivity contribution is 7.99. The molecule has 0 saturated heterocycles. The Labute approximate surface area is 129 Å². The third kappa shape index (κ3) is 3.26. The zero-order chi connectivity index (χ0) is 15.0. The SMILES string of the molecule is Cc1nc(SC2CCCC(NC3CC3)(C(N)=O)C2)oc1C. The Balaban J connectivity index is 1.70. The van der Waals surface area contributed by atoms with Gasteiger partial charge in [0.2, 0.25) is 5.91 Å². The van der Waals surface area contributed by atoms with E-state index in [0.717, 1.165) is 50.0 Å². The molecule has 0 aromatic carbocycles. The van der Waals surface area contributed by atoms with E-state index in [1.807, 2.05) is 13.8 Å². The van der Waals surface area contributed by atoms with Gasteiger partial charge in [-0.25, -0.2) is 4.98 Å². The zero-order valence-corrected chi connectivity index (χ0v) is 13.5. The van der Waals surface area contributed by atoms with Crippen LogP contribution < -0.4 is 11.1 Å². The van der Waals surface area contributed by atoms with Crippen molar-refractivity contribution in [3.8, 4) is 0 Å². The van der Waals surface area contributed by atoms with Crippen LogP contribution in [0.25, 0.3) is 0 Å². The molecule has 2 atom stereocenters. The van der Waals surface area contributed by atoms with Gasteiger partial charge >= 0.3 is 0 Å². The molecular weight excluding hydrogens is 286 g/mol. The van der Waals surface area contributed by atoms with Gasteiger partial charge < -0.3 is 15.5 Å². The average Bonchev–Trinajstić information content (AvgIpc) is 3.16. The standard InChI is InChI=1S/C15H23N3O2S/c1-9-10(2)20-14(17-9)21-12-4-3-7-15(8-12,13(16)19)18-11-5-6-11/h11-12,18H,3-8H2,1-2H3,(H2,16,19). The summed E-state index contributed by atoms with van der Waals surface area (Å²) in [6.45, 7) is 3.88. The first-order valence-corrected chi connectivity index (χ1v) is 8.55. The summed E-state index contributed by atoms with van der Waals surface area (Å²) >= 11 is 1.64. The molecule has 0 spiro atoms. The fourth-order valence-electron chi connectivity index (χ4n) is 3.01. The second-order valence-corrected chi connectivity index (χ2v) is 7.57. The molecule has 2 aliphatic carbocycles. The maximum Gasteiger partial charge on any atom is 0.256 e. The Morgan fingerprint density at radius 2 is 2.19 bits per heavy atom. The molecule has 3 N–H and O–H groups in total. The molecule has 21 heavy (non-hydrogen) atoms. The van der Waals surface area contributed by atoms with Crippen molar-refractivity contribution in [2.75, 3.05) is 0 Å². The van der Waals surface area contributed by atoms with Crippen molar-refractivity contribution in [3.05, 3.63) is 11.5 Å². The van der Waals surface area contributed by atoms with Crippen molar-refractivity contribution in [3.63, 3.8) is 0 Å². The van der Waals surface area contributed by atoms with E-state index >= 15 is 0 Å². The van der Waals surface area contributed by atoms with Crippen LogP contribution in [-0.4, -0.2) is 27.7 Å². The predicted octanol–water partition coefficient (Wildman–Crippen LogP) is 2.30. The number of amides is 1. The molecule has 1 heterocycles. The molecular formula is C15H23N3O2S. The van der Waals surface area contributed by atoms with Crippen LogP contribution in [0.5, 0.6) is 0 Å². The van der Waals surface area contributed by atoms with Crippen molar-refractivity contribution in [1.29, 1.82) is 0 Å². The third-order valence-electron chi connectivity index (χ3n) is 4.51. The van der Waals surface area contributed by atoms with Crippen LogP contribution in [0.1, 0.15) is 50.0 Å². The number of rotatable bonds is 5. The minimum atomic E-state index is -0.534. The fourth-order valence-corrected chi connectivity index (χ4v) is 4.31. The van der Waals surface area contributed by atoms with E-state index in [0.29, 0.717) is 16.5 Å². The number of carbonyl (C=O) groups is 1. The van der Waals surface area contributed by atoms with Gasteiger partial charge in [-0.3, -0.25) is 4.79 Å². The molecule has 5 nitrogen and oxygen atoms in total. The number of nitrogens with zero attached hydrogens (tertiary/aromatic N) is 1. The first-order valence-electron chi connectivity index (χ1n) is 7.67.